The molecule has 0 unspecified atom stereocenters. The highest BCUT2D eigenvalue weighted by Gasteiger charge is 2.14. The number of methoxy groups -OCH3 is 1. The number of rotatable bonds is 8. The molecule has 0 spiro atoms. The maximum Gasteiger partial charge on any atom is 0.226 e. The molecule has 27 heavy (non-hydrogen) atoms. The molecule has 0 aromatic heterocycles. The Morgan fingerprint density at radius 2 is 1.70 bits per heavy atom. The fourth-order valence-electron chi connectivity index (χ4n) is 2.43. The topological polar surface area (TPSA) is 59.6 Å². The lowest BCUT2D eigenvalue weighted by atomic mass is 10.1. The van der Waals surface area contributed by atoms with Crippen LogP contribution in [0.15, 0.2) is 40.9 Å². The molecule has 2 rings (SSSR count). The van der Waals surface area contributed by atoms with Crippen LogP contribution >= 0.6 is 15.9 Å². The number of hydrogen-bond acceptors (Lipinski definition) is 4. The molecule has 0 saturated carbocycles. The summed E-state index contributed by atoms with van der Waals surface area (Å²) in [6.07, 6.45) is 0.0441. The lowest BCUT2D eigenvalue weighted by Gasteiger charge is -2.19. The summed E-state index contributed by atoms with van der Waals surface area (Å²) in [5, 5.41) is 6.27. The van der Waals surface area contributed by atoms with Crippen LogP contribution in [0.2, 0.25) is 0 Å². The Kier molecular flexibility index (Phi) is 7.54. The number of hydrogen-bond donors (Lipinski definition) is 2. The smallest absolute Gasteiger partial charge is 0.226 e. The van der Waals surface area contributed by atoms with Gasteiger partial charge in [-0.1, -0.05) is 29.8 Å². The third-order valence-corrected chi connectivity index (χ3v) is 4.29. The molecule has 2 aromatic carbocycles. The van der Waals surface area contributed by atoms with Gasteiger partial charge in [0.25, 0.3) is 0 Å². The van der Waals surface area contributed by atoms with Gasteiger partial charge in [0.1, 0.15) is 0 Å². The monoisotopic (exact) mass is 434 g/mol. The highest BCUT2D eigenvalue weighted by atomic mass is 79.9. The van der Waals surface area contributed by atoms with Crippen molar-refractivity contribution >= 4 is 33.2 Å². The maximum absolute atomic E-state index is 11.8. The Morgan fingerprint density at radius 1 is 1.07 bits per heavy atom. The van der Waals surface area contributed by atoms with E-state index in [0.717, 1.165) is 27.2 Å². The van der Waals surface area contributed by atoms with E-state index >= 15 is 0 Å². The molecular formula is C21H27BrN2O3. The lowest BCUT2D eigenvalue weighted by Crippen LogP contribution is -2.17. The van der Waals surface area contributed by atoms with Crippen molar-refractivity contribution < 1.29 is 14.3 Å². The van der Waals surface area contributed by atoms with E-state index in [0.29, 0.717) is 12.3 Å². The van der Waals surface area contributed by atoms with Crippen LogP contribution in [0.4, 0.5) is 11.4 Å². The second-order valence-corrected chi connectivity index (χ2v) is 7.75. The SMILES string of the molecule is COc1cc(Br)cc(CNc2ccc(NC(=O)C(C)C)cc2)c1OC(C)C. The Morgan fingerprint density at radius 3 is 2.26 bits per heavy atom. The van der Waals surface area contributed by atoms with Gasteiger partial charge in [-0.2, -0.15) is 0 Å². The molecule has 2 aromatic rings. The van der Waals surface area contributed by atoms with Crippen molar-refractivity contribution in [1.82, 2.24) is 0 Å². The molecule has 0 heterocycles. The molecule has 6 heteroatoms. The van der Waals surface area contributed by atoms with Crippen LogP contribution < -0.4 is 20.1 Å². The molecule has 0 aliphatic carbocycles. The normalized spacial score (nSPS) is 10.8. The number of halogens is 1. The van der Waals surface area contributed by atoms with Gasteiger partial charge in [-0.25, -0.2) is 0 Å². The predicted molar refractivity (Wildman–Crippen MR) is 114 cm³/mol. The lowest BCUT2D eigenvalue weighted by molar-refractivity contribution is -0.118. The van der Waals surface area contributed by atoms with Crippen LogP contribution in [-0.2, 0) is 11.3 Å². The summed E-state index contributed by atoms with van der Waals surface area (Å²) >= 11 is 3.52. The minimum absolute atomic E-state index is 0.00687. The standard InChI is InChI=1S/C21H27BrN2O3/c1-13(2)21(25)24-18-8-6-17(7-9-18)23-12-15-10-16(22)11-19(26-5)20(15)27-14(3)4/h6-11,13-14,23H,12H2,1-5H3,(H,24,25). The third-order valence-electron chi connectivity index (χ3n) is 3.83. The first-order valence-electron chi connectivity index (χ1n) is 8.98. The molecule has 0 fully saturated rings. The number of ether oxygens (including phenoxy) is 2. The fourth-order valence-corrected chi connectivity index (χ4v) is 2.91. The Bertz CT molecular complexity index is 774. The number of anilines is 2. The van der Waals surface area contributed by atoms with Crippen molar-refractivity contribution in [3.63, 3.8) is 0 Å². The van der Waals surface area contributed by atoms with E-state index in [1.807, 2.05) is 64.1 Å². The first kappa shape index (κ1) is 21.1. The van der Waals surface area contributed by atoms with Gasteiger partial charge in [0, 0.05) is 33.9 Å². The van der Waals surface area contributed by atoms with Crippen molar-refractivity contribution in [3.05, 3.63) is 46.4 Å². The summed E-state index contributed by atoms with van der Waals surface area (Å²) in [5.41, 5.74) is 2.73. The maximum atomic E-state index is 11.8. The number of nitrogens with one attached hydrogen (secondary N) is 2. The molecule has 1 amide bonds. The molecule has 0 aliphatic heterocycles. The molecule has 0 radical (unpaired) electrons. The van der Waals surface area contributed by atoms with Gasteiger partial charge in [0.15, 0.2) is 11.5 Å². The minimum Gasteiger partial charge on any atom is -0.493 e. The average Bonchev–Trinajstić information content (AvgIpc) is 2.62. The zero-order valence-corrected chi connectivity index (χ0v) is 18.0. The summed E-state index contributed by atoms with van der Waals surface area (Å²) in [6.45, 7) is 8.30. The van der Waals surface area contributed by atoms with Gasteiger partial charge in [-0.05, 0) is 50.2 Å². The summed E-state index contributed by atoms with van der Waals surface area (Å²) in [4.78, 5) is 11.8. The highest BCUT2D eigenvalue weighted by Crippen LogP contribution is 2.36. The van der Waals surface area contributed by atoms with Gasteiger partial charge in [-0.3, -0.25) is 4.79 Å². The molecule has 0 saturated heterocycles. The predicted octanol–water partition coefficient (Wildman–Crippen LogP) is 5.45. The summed E-state index contributed by atoms with van der Waals surface area (Å²) < 4.78 is 12.4. The van der Waals surface area contributed by atoms with Crippen LogP contribution in [0.3, 0.4) is 0 Å². The van der Waals surface area contributed by atoms with E-state index in [-0.39, 0.29) is 17.9 Å². The minimum atomic E-state index is -0.0475. The zero-order valence-electron chi connectivity index (χ0n) is 16.4. The van der Waals surface area contributed by atoms with E-state index < -0.39 is 0 Å². The van der Waals surface area contributed by atoms with Gasteiger partial charge < -0.3 is 20.1 Å². The summed E-state index contributed by atoms with van der Waals surface area (Å²) in [7, 11) is 1.64. The summed E-state index contributed by atoms with van der Waals surface area (Å²) in [6, 6.07) is 11.6. The first-order valence-corrected chi connectivity index (χ1v) is 9.77. The first-order chi connectivity index (χ1) is 12.8. The van der Waals surface area contributed by atoms with Gasteiger partial charge in [0.05, 0.1) is 13.2 Å². The molecule has 146 valence electrons. The average molecular weight is 435 g/mol. The number of carbonyl (C=O) groups excluding carboxylic acids is 1. The number of amides is 1. The molecular weight excluding hydrogens is 408 g/mol. The number of carbonyl (C=O) groups is 1. The van der Waals surface area contributed by atoms with E-state index in [1.54, 1.807) is 7.11 Å². The van der Waals surface area contributed by atoms with Gasteiger partial charge in [0.2, 0.25) is 5.91 Å². The van der Waals surface area contributed by atoms with E-state index in [1.165, 1.54) is 0 Å². The van der Waals surface area contributed by atoms with E-state index in [4.69, 9.17) is 9.47 Å². The van der Waals surface area contributed by atoms with Crippen molar-refractivity contribution in [1.29, 1.82) is 0 Å². The molecule has 2 N–H and O–H groups in total. The highest BCUT2D eigenvalue weighted by molar-refractivity contribution is 9.10. The molecule has 5 nitrogen and oxygen atoms in total. The fraction of sp³-hybridized carbons (Fsp3) is 0.381. The van der Waals surface area contributed by atoms with Crippen LogP contribution in [0, 0.1) is 5.92 Å². The Hall–Kier alpha value is -2.21. The second kappa shape index (κ2) is 9.65. The van der Waals surface area contributed by atoms with Crippen molar-refractivity contribution in [2.24, 2.45) is 5.92 Å². The zero-order chi connectivity index (χ0) is 20.0. The van der Waals surface area contributed by atoms with Gasteiger partial charge in [-0.15, -0.1) is 0 Å². The van der Waals surface area contributed by atoms with Gasteiger partial charge >= 0.3 is 0 Å². The number of benzene rings is 2. The Balaban J connectivity index is 2.11. The molecule has 0 atom stereocenters. The summed E-state index contributed by atoms with van der Waals surface area (Å²) in [5.74, 6) is 1.40. The van der Waals surface area contributed by atoms with E-state index in [9.17, 15) is 4.79 Å². The van der Waals surface area contributed by atoms with Crippen LogP contribution in [0.5, 0.6) is 11.5 Å². The van der Waals surface area contributed by atoms with Crippen molar-refractivity contribution in [2.75, 3.05) is 17.7 Å². The quantitative estimate of drug-likeness (QED) is 0.579. The van der Waals surface area contributed by atoms with Crippen LogP contribution in [0.1, 0.15) is 33.3 Å². The van der Waals surface area contributed by atoms with Crippen molar-refractivity contribution in [3.8, 4) is 11.5 Å². The van der Waals surface area contributed by atoms with Crippen LogP contribution in [0.25, 0.3) is 0 Å². The third kappa shape index (κ3) is 6.17. The van der Waals surface area contributed by atoms with E-state index in [2.05, 4.69) is 26.6 Å². The Labute approximate surface area is 169 Å². The second-order valence-electron chi connectivity index (χ2n) is 6.84. The van der Waals surface area contributed by atoms with Crippen LogP contribution in [-0.4, -0.2) is 19.1 Å². The van der Waals surface area contributed by atoms with Crippen molar-refractivity contribution in [2.45, 2.75) is 40.3 Å². The molecule has 0 bridgehead atoms. The largest absolute Gasteiger partial charge is 0.493 e. The molecule has 0 aliphatic rings.